The van der Waals surface area contributed by atoms with Gasteiger partial charge in [-0.1, -0.05) is 31.5 Å². The van der Waals surface area contributed by atoms with Crippen LogP contribution in [0, 0.1) is 0 Å². The van der Waals surface area contributed by atoms with Gasteiger partial charge in [0.2, 0.25) is 5.91 Å². The number of benzene rings is 1. The van der Waals surface area contributed by atoms with Crippen LogP contribution in [0.5, 0.6) is 0 Å². The van der Waals surface area contributed by atoms with E-state index in [4.69, 9.17) is 4.74 Å². The highest BCUT2D eigenvalue weighted by molar-refractivity contribution is 5.84. The van der Waals surface area contributed by atoms with Crippen LogP contribution in [0.3, 0.4) is 0 Å². The van der Waals surface area contributed by atoms with Crippen molar-refractivity contribution in [3.63, 3.8) is 0 Å². The predicted molar refractivity (Wildman–Crippen MR) is 85.3 cm³/mol. The van der Waals surface area contributed by atoms with Crippen molar-refractivity contribution >= 4 is 16.8 Å². The summed E-state index contributed by atoms with van der Waals surface area (Å²) >= 11 is 0. The third-order valence-corrected chi connectivity index (χ3v) is 3.67. The van der Waals surface area contributed by atoms with Crippen LogP contribution in [-0.4, -0.2) is 30.6 Å². The highest BCUT2D eigenvalue weighted by Gasteiger charge is 2.12. The lowest BCUT2D eigenvalue weighted by Gasteiger charge is -2.17. The van der Waals surface area contributed by atoms with Crippen molar-refractivity contribution in [3.8, 4) is 0 Å². The molecule has 1 unspecified atom stereocenters. The van der Waals surface area contributed by atoms with Crippen LogP contribution in [0.25, 0.3) is 10.9 Å². The van der Waals surface area contributed by atoms with Gasteiger partial charge < -0.3 is 15.0 Å². The van der Waals surface area contributed by atoms with Gasteiger partial charge in [0, 0.05) is 30.6 Å². The maximum absolute atomic E-state index is 12.1. The minimum absolute atomic E-state index is 0.0933. The SMILES string of the molecule is CCCC(COC)NC(=O)CCc1c[nH]c2ccccc12. The Morgan fingerprint density at radius 2 is 2.19 bits per heavy atom. The number of carbonyl (C=O) groups is 1. The summed E-state index contributed by atoms with van der Waals surface area (Å²) in [6.45, 7) is 2.69. The molecule has 0 aliphatic heterocycles. The van der Waals surface area contributed by atoms with E-state index in [2.05, 4.69) is 29.4 Å². The first-order chi connectivity index (χ1) is 10.2. The Hall–Kier alpha value is -1.81. The Bertz CT molecular complexity index is 571. The number of aryl methyl sites for hydroxylation is 1. The van der Waals surface area contributed by atoms with Gasteiger partial charge in [0.1, 0.15) is 0 Å². The number of ether oxygens (including phenoxy) is 1. The largest absolute Gasteiger partial charge is 0.383 e. The van der Waals surface area contributed by atoms with E-state index in [-0.39, 0.29) is 11.9 Å². The first-order valence-electron chi connectivity index (χ1n) is 7.58. The molecule has 0 aliphatic carbocycles. The Morgan fingerprint density at radius 1 is 1.38 bits per heavy atom. The zero-order valence-electron chi connectivity index (χ0n) is 12.8. The number of para-hydroxylation sites is 1. The van der Waals surface area contributed by atoms with Crippen LogP contribution in [0.1, 0.15) is 31.7 Å². The molecular formula is C17H24N2O2. The Labute approximate surface area is 125 Å². The second kappa shape index (κ2) is 7.84. The lowest BCUT2D eigenvalue weighted by molar-refractivity contribution is -0.122. The molecule has 1 atom stereocenters. The molecule has 2 rings (SSSR count). The molecule has 114 valence electrons. The molecule has 0 spiro atoms. The standard InChI is InChI=1S/C17H24N2O2/c1-3-6-14(12-21-2)19-17(20)10-9-13-11-18-16-8-5-4-7-15(13)16/h4-5,7-8,11,14,18H,3,6,9-10,12H2,1-2H3,(H,19,20). The van der Waals surface area contributed by atoms with Crippen LogP contribution >= 0.6 is 0 Å². The van der Waals surface area contributed by atoms with E-state index in [0.717, 1.165) is 24.8 Å². The number of hydrogen-bond donors (Lipinski definition) is 2. The minimum atomic E-state index is 0.0933. The average molecular weight is 288 g/mol. The molecule has 0 saturated heterocycles. The van der Waals surface area contributed by atoms with Gasteiger partial charge in [-0.3, -0.25) is 4.79 Å². The average Bonchev–Trinajstić information content (AvgIpc) is 2.89. The highest BCUT2D eigenvalue weighted by Crippen LogP contribution is 2.18. The fraction of sp³-hybridized carbons (Fsp3) is 0.471. The highest BCUT2D eigenvalue weighted by atomic mass is 16.5. The molecule has 4 heteroatoms. The Kier molecular flexibility index (Phi) is 5.81. The van der Waals surface area contributed by atoms with Crippen molar-refractivity contribution in [2.45, 2.75) is 38.6 Å². The molecular weight excluding hydrogens is 264 g/mol. The Balaban J connectivity index is 1.88. The number of carbonyl (C=O) groups excluding carboxylic acids is 1. The number of methoxy groups -OCH3 is 1. The van der Waals surface area contributed by atoms with Crippen LogP contribution in [0.2, 0.25) is 0 Å². The lowest BCUT2D eigenvalue weighted by atomic mass is 10.1. The predicted octanol–water partition coefficient (Wildman–Crippen LogP) is 3.03. The van der Waals surface area contributed by atoms with Gasteiger partial charge in [-0.2, -0.15) is 0 Å². The normalized spacial score (nSPS) is 12.5. The van der Waals surface area contributed by atoms with Gasteiger partial charge in [-0.15, -0.1) is 0 Å². The van der Waals surface area contributed by atoms with E-state index in [1.54, 1.807) is 7.11 Å². The van der Waals surface area contributed by atoms with E-state index in [1.165, 1.54) is 10.9 Å². The summed E-state index contributed by atoms with van der Waals surface area (Å²) in [5.74, 6) is 0.0933. The molecule has 0 fully saturated rings. The third-order valence-electron chi connectivity index (χ3n) is 3.67. The molecule has 0 aliphatic rings. The number of H-pyrrole nitrogens is 1. The lowest BCUT2D eigenvalue weighted by Crippen LogP contribution is -2.38. The van der Waals surface area contributed by atoms with Crippen LogP contribution < -0.4 is 5.32 Å². The maximum Gasteiger partial charge on any atom is 0.220 e. The number of amides is 1. The second-order valence-corrected chi connectivity index (χ2v) is 5.37. The molecule has 1 aromatic carbocycles. The molecule has 1 heterocycles. The number of nitrogens with one attached hydrogen (secondary N) is 2. The summed E-state index contributed by atoms with van der Waals surface area (Å²) in [7, 11) is 1.67. The van der Waals surface area contributed by atoms with Gasteiger partial charge in [-0.25, -0.2) is 0 Å². The zero-order chi connectivity index (χ0) is 15.1. The number of rotatable bonds is 8. The fourth-order valence-electron chi connectivity index (χ4n) is 2.63. The van der Waals surface area contributed by atoms with Crippen LogP contribution in [0.15, 0.2) is 30.5 Å². The molecule has 1 amide bonds. The number of aromatic amines is 1. The summed E-state index contributed by atoms with van der Waals surface area (Å²) in [6, 6.07) is 8.29. The van der Waals surface area contributed by atoms with Gasteiger partial charge in [0.05, 0.1) is 12.6 Å². The van der Waals surface area contributed by atoms with E-state index in [0.29, 0.717) is 13.0 Å². The molecule has 2 N–H and O–H groups in total. The smallest absolute Gasteiger partial charge is 0.220 e. The molecule has 0 radical (unpaired) electrons. The van der Waals surface area contributed by atoms with Gasteiger partial charge in [0.15, 0.2) is 0 Å². The van der Waals surface area contributed by atoms with Crippen LogP contribution in [0.4, 0.5) is 0 Å². The third kappa shape index (κ3) is 4.33. The van der Waals surface area contributed by atoms with E-state index < -0.39 is 0 Å². The molecule has 4 nitrogen and oxygen atoms in total. The summed E-state index contributed by atoms with van der Waals surface area (Å²) in [5.41, 5.74) is 2.32. The molecule has 0 bridgehead atoms. The van der Waals surface area contributed by atoms with E-state index in [9.17, 15) is 4.79 Å². The summed E-state index contributed by atoms with van der Waals surface area (Å²) in [4.78, 5) is 15.3. The Morgan fingerprint density at radius 3 is 2.95 bits per heavy atom. The van der Waals surface area contributed by atoms with Crippen LogP contribution in [-0.2, 0) is 16.0 Å². The number of hydrogen-bond acceptors (Lipinski definition) is 2. The van der Waals surface area contributed by atoms with E-state index >= 15 is 0 Å². The molecule has 0 saturated carbocycles. The molecule has 1 aromatic heterocycles. The van der Waals surface area contributed by atoms with Crippen molar-refractivity contribution in [1.29, 1.82) is 0 Å². The molecule has 21 heavy (non-hydrogen) atoms. The molecule has 2 aromatic rings. The second-order valence-electron chi connectivity index (χ2n) is 5.37. The maximum atomic E-state index is 12.1. The summed E-state index contributed by atoms with van der Waals surface area (Å²) in [5, 5.41) is 4.26. The number of aromatic nitrogens is 1. The van der Waals surface area contributed by atoms with Crippen molar-refractivity contribution in [1.82, 2.24) is 10.3 Å². The minimum Gasteiger partial charge on any atom is -0.383 e. The van der Waals surface area contributed by atoms with E-state index in [1.807, 2.05) is 18.3 Å². The van der Waals surface area contributed by atoms with Gasteiger partial charge >= 0.3 is 0 Å². The number of fused-ring (bicyclic) bond motifs is 1. The quantitative estimate of drug-likeness (QED) is 0.784. The van der Waals surface area contributed by atoms with Crippen molar-refractivity contribution < 1.29 is 9.53 Å². The first-order valence-corrected chi connectivity index (χ1v) is 7.58. The van der Waals surface area contributed by atoms with Gasteiger partial charge in [0.25, 0.3) is 0 Å². The topological polar surface area (TPSA) is 54.1 Å². The summed E-state index contributed by atoms with van der Waals surface area (Å²) < 4.78 is 5.15. The first kappa shape index (κ1) is 15.6. The zero-order valence-corrected chi connectivity index (χ0v) is 12.8. The monoisotopic (exact) mass is 288 g/mol. The van der Waals surface area contributed by atoms with Crippen molar-refractivity contribution in [2.75, 3.05) is 13.7 Å². The van der Waals surface area contributed by atoms with Gasteiger partial charge in [-0.05, 0) is 24.5 Å². The fourth-order valence-corrected chi connectivity index (χ4v) is 2.63. The van der Waals surface area contributed by atoms with Crippen molar-refractivity contribution in [3.05, 3.63) is 36.0 Å². The van der Waals surface area contributed by atoms with Crippen molar-refractivity contribution in [2.24, 2.45) is 0 Å². The summed E-state index contributed by atoms with van der Waals surface area (Å²) in [6.07, 6.45) is 5.24.